The molecule has 1 aliphatic rings. The van der Waals surface area contributed by atoms with E-state index in [4.69, 9.17) is 4.74 Å². The van der Waals surface area contributed by atoms with Crippen LogP contribution in [-0.2, 0) is 6.54 Å². The second kappa shape index (κ2) is 8.59. The maximum atomic E-state index is 14.9. The van der Waals surface area contributed by atoms with E-state index in [1.165, 1.54) is 17.9 Å². The van der Waals surface area contributed by atoms with Crippen molar-refractivity contribution < 1.29 is 26.7 Å². The zero-order chi connectivity index (χ0) is 26.5. The van der Waals surface area contributed by atoms with Crippen molar-refractivity contribution in [3.63, 3.8) is 0 Å². The molecule has 0 radical (unpaired) electrons. The molecule has 5 heterocycles. The highest BCUT2D eigenvalue weighted by Crippen LogP contribution is 2.34. The van der Waals surface area contributed by atoms with Crippen LogP contribution >= 0.6 is 0 Å². The molecule has 5 rings (SSSR count). The number of anilines is 1. The Kier molecular flexibility index (Phi) is 5.64. The van der Waals surface area contributed by atoms with E-state index in [-0.39, 0.29) is 46.4 Å². The van der Waals surface area contributed by atoms with Crippen LogP contribution in [0.25, 0.3) is 22.3 Å². The molecule has 2 N–H and O–H groups in total. The lowest BCUT2D eigenvalue weighted by Gasteiger charge is -2.18. The van der Waals surface area contributed by atoms with E-state index in [1.807, 2.05) is 0 Å². The van der Waals surface area contributed by atoms with Gasteiger partial charge in [0.05, 0.1) is 36.1 Å². The fourth-order valence-electron chi connectivity index (χ4n) is 3.85. The summed E-state index contributed by atoms with van der Waals surface area (Å²) in [7, 11) is 0. The first kappa shape index (κ1) is 24.3. The van der Waals surface area contributed by atoms with Crippen LogP contribution in [0.5, 0.6) is 5.88 Å². The number of hydrogen-bond acceptors (Lipinski definition) is 9. The molecule has 0 saturated carbocycles. The minimum Gasteiger partial charge on any atom is -0.466 e. The van der Waals surface area contributed by atoms with Crippen molar-refractivity contribution in [1.82, 2.24) is 39.9 Å². The van der Waals surface area contributed by atoms with E-state index in [0.717, 1.165) is 18.5 Å². The van der Waals surface area contributed by atoms with E-state index in [9.17, 15) is 31.5 Å². The first-order valence-electron chi connectivity index (χ1n) is 10.6. The molecule has 0 amide bonds. The van der Waals surface area contributed by atoms with Gasteiger partial charge in [-0.05, 0) is 6.92 Å². The molecule has 194 valence electrons. The van der Waals surface area contributed by atoms with Crippen molar-refractivity contribution in [2.45, 2.75) is 31.7 Å². The molecule has 4 aromatic heterocycles. The van der Waals surface area contributed by atoms with Crippen LogP contribution in [0.2, 0.25) is 0 Å². The number of aryl methyl sites for hydroxylation is 1. The Labute approximate surface area is 202 Å². The third-order valence-corrected chi connectivity index (χ3v) is 5.47. The van der Waals surface area contributed by atoms with Crippen LogP contribution in [0, 0.1) is 6.92 Å². The molecule has 1 atom stereocenters. The van der Waals surface area contributed by atoms with Crippen LogP contribution in [0.1, 0.15) is 5.82 Å². The molecule has 0 aromatic carbocycles. The number of aromatic nitrogens is 8. The highest BCUT2D eigenvalue weighted by Gasteiger charge is 2.51. The SMILES string of the molecule is Cc1nc(-c2c[nH]c(=O)[nH]c2=O)cc(N2C[C@H](Oc3cc4c(cn3)nnn4CC(F)(F)F)C(F)(F)C2)n1. The molecule has 17 heteroatoms. The number of alkyl halides is 5. The van der Waals surface area contributed by atoms with Crippen molar-refractivity contribution in [3.05, 3.63) is 51.2 Å². The number of H-pyrrole nitrogens is 2. The van der Waals surface area contributed by atoms with E-state index < -0.39 is 42.5 Å². The molecule has 0 bridgehead atoms. The number of pyridine rings is 1. The summed E-state index contributed by atoms with van der Waals surface area (Å²) in [5, 5.41) is 7.01. The van der Waals surface area contributed by atoms with E-state index in [1.54, 1.807) is 0 Å². The summed E-state index contributed by atoms with van der Waals surface area (Å²) in [6.45, 7) is -1.07. The second-order valence-electron chi connectivity index (χ2n) is 8.27. The maximum Gasteiger partial charge on any atom is 0.408 e. The van der Waals surface area contributed by atoms with Crippen molar-refractivity contribution in [3.8, 4) is 17.1 Å². The summed E-state index contributed by atoms with van der Waals surface area (Å²) in [6, 6.07) is 2.38. The largest absolute Gasteiger partial charge is 0.466 e. The lowest BCUT2D eigenvalue weighted by molar-refractivity contribution is -0.142. The van der Waals surface area contributed by atoms with Gasteiger partial charge in [-0.2, -0.15) is 13.2 Å². The predicted molar refractivity (Wildman–Crippen MR) is 116 cm³/mol. The summed E-state index contributed by atoms with van der Waals surface area (Å²) < 4.78 is 74.2. The van der Waals surface area contributed by atoms with Gasteiger partial charge in [-0.15, -0.1) is 5.10 Å². The Morgan fingerprint density at radius 1 is 1.22 bits per heavy atom. The van der Waals surface area contributed by atoms with Crippen molar-refractivity contribution >= 4 is 16.9 Å². The molecule has 0 unspecified atom stereocenters. The van der Waals surface area contributed by atoms with E-state index in [0.29, 0.717) is 4.68 Å². The number of aromatic amines is 2. The average Bonchev–Trinajstić information content (AvgIpc) is 3.32. The van der Waals surface area contributed by atoms with Crippen molar-refractivity contribution in [1.29, 1.82) is 0 Å². The van der Waals surface area contributed by atoms with Gasteiger partial charge in [-0.25, -0.2) is 33.2 Å². The van der Waals surface area contributed by atoms with Gasteiger partial charge in [0.25, 0.3) is 5.56 Å². The zero-order valence-electron chi connectivity index (χ0n) is 18.8. The summed E-state index contributed by atoms with van der Waals surface area (Å²) in [6.07, 6.45) is -4.06. The summed E-state index contributed by atoms with van der Waals surface area (Å²) >= 11 is 0. The number of hydrogen-bond donors (Lipinski definition) is 2. The van der Waals surface area contributed by atoms with Gasteiger partial charge in [-0.3, -0.25) is 9.78 Å². The maximum absolute atomic E-state index is 14.9. The van der Waals surface area contributed by atoms with Crippen LogP contribution in [0.4, 0.5) is 27.8 Å². The first-order valence-corrected chi connectivity index (χ1v) is 10.6. The topological polar surface area (TPSA) is 148 Å². The van der Waals surface area contributed by atoms with E-state index in [2.05, 4.69) is 35.2 Å². The van der Waals surface area contributed by atoms with Gasteiger partial charge in [0.1, 0.15) is 23.7 Å². The summed E-state index contributed by atoms with van der Waals surface area (Å²) in [5.74, 6) is -3.46. The first-order chi connectivity index (χ1) is 17.4. The Balaban J connectivity index is 1.41. The summed E-state index contributed by atoms with van der Waals surface area (Å²) in [4.78, 5) is 41.2. The molecule has 1 saturated heterocycles. The van der Waals surface area contributed by atoms with Gasteiger partial charge in [-0.1, -0.05) is 5.21 Å². The Morgan fingerprint density at radius 2 is 2.00 bits per heavy atom. The molecule has 1 aliphatic heterocycles. The van der Waals surface area contributed by atoms with E-state index >= 15 is 0 Å². The Hall–Kier alpha value is -4.44. The fraction of sp³-hybridized carbons (Fsp3) is 0.350. The van der Waals surface area contributed by atoms with Crippen LogP contribution in [-0.4, -0.2) is 71.2 Å². The van der Waals surface area contributed by atoms with Crippen molar-refractivity contribution in [2.24, 2.45) is 0 Å². The third-order valence-electron chi connectivity index (χ3n) is 5.47. The number of halogens is 5. The van der Waals surface area contributed by atoms with Gasteiger partial charge >= 0.3 is 17.8 Å². The summed E-state index contributed by atoms with van der Waals surface area (Å²) in [5.41, 5.74) is -1.37. The standard InChI is InChI=1S/C20H16F5N9O3/c1-9-28-11(10-4-27-18(36)30-17(10)35)2-15(29-9)33-6-14(19(21,22)7-33)37-16-3-13-12(5-26-16)31-32-34(13)8-20(23,24)25/h2-5,14H,6-8H2,1H3,(H2,27,30,35,36)/t14-/m0/s1. The van der Waals surface area contributed by atoms with Gasteiger partial charge < -0.3 is 14.6 Å². The number of nitrogens with one attached hydrogen (secondary N) is 2. The van der Waals surface area contributed by atoms with Crippen LogP contribution in [0.15, 0.2) is 34.1 Å². The third kappa shape index (κ3) is 4.96. The molecular weight excluding hydrogens is 509 g/mol. The number of rotatable bonds is 5. The number of ether oxygens (including phenoxy) is 1. The minimum absolute atomic E-state index is 0.00619. The fourth-order valence-corrected chi connectivity index (χ4v) is 3.85. The quantitative estimate of drug-likeness (QED) is 0.369. The number of fused-ring (bicyclic) bond motifs is 1. The van der Waals surface area contributed by atoms with Gasteiger partial charge in [0, 0.05) is 18.3 Å². The molecule has 1 fully saturated rings. The molecular formula is C20H16F5N9O3. The highest BCUT2D eigenvalue weighted by atomic mass is 19.4. The number of nitrogens with zero attached hydrogens (tertiary/aromatic N) is 7. The molecule has 12 nitrogen and oxygen atoms in total. The molecule has 37 heavy (non-hydrogen) atoms. The average molecular weight is 525 g/mol. The monoisotopic (exact) mass is 525 g/mol. The molecule has 0 aliphatic carbocycles. The minimum atomic E-state index is -4.57. The second-order valence-corrected chi connectivity index (χ2v) is 8.27. The molecule has 4 aromatic rings. The van der Waals surface area contributed by atoms with Crippen LogP contribution in [0.3, 0.4) is 0 Å². The Morgan fingerprint density at radius 3 is 2.73 bits per heavy atom. The smallest absolute Gasteiger partial charge is 0.408 e. The zero-order valence-corrected chi connectivity index (χ0v) is 18.8. The highest BCUT2D eigenvalue weighted by molar-refractivity contribution is 5.74. The van der Waals surface area contributed by atoms with Gasteiger partial charge in [0.2, 0.25) is 5.88 Å². The Bertz CT molecular complexity index is 1600. The van der Waals surface area contributed by atoms with Crippen LogP contribution < -0.4 is 20.9 Å². The predicted octanol–water partition coefficient (Wildman–Crippen LogP) is 1.43. The lowest BCUT2D eigenvalue weighted by atomic mass is 10.2. The normalized spacial score (nSPS) is 17.5. The molecule has 0 spiro atoms. The van der Waals surface area contributed by atoms with Crippen molar-refractivity contribution in [2.75, 3.05) is 18.0 Å². The van der Waals surface area contributed by atoms with Gasteiger partial charge in [0.15, 0.2) is 6.10 Å². The lowest BCUT2D eigenvalue weighted by Crippen LogP contribution is -2.36.